The summed E-state index contributed by atoms with van der Waals surface area (Å²) in [7, 11) is 1.35. The highest BCUT2D eigenvalue weighted by Gasteiger charge is 2.58. The predicted octanol–water partition coefficient (Wildman–Crippen LogP) is 4.84. The number of fused-ring (bicyclic) bond motifs is 1. The van der Waals surface area contributed by atoms with Crippen LogP contribution in [0.25, 0.3) is 11.3 Å². The zero-order valence-electron chi connectivity index (χ0n) is 24.8. The average Bonchev–Trinajstić information content (AvgIpc) is 3.95. The van der Waals surface area contributed by atoms with Gasteiger partial charge in [-0.25, -0.2) is 13.8 Å². The molecule has 46 heavy (non-hydrogen) atoms. The van der Waals surface area contributed by atoms with E-state index in [-0.39, 0.29) is 59.4 Å². The number of aromatic nitrogens is 1. The number of carbonyl (C=O) groups excluding carboxylic acids is 2. The maximum Gasteiger partial charge on any atom is 0.424 e. The van der Waals surface area contributed by atoms with Gasteiger partial charge in [0, 0.05) is 29.5 Å². The summed E-state index contributed by atoms with van der Waals surface area (Å²) in [6.07, 6.45) is -3.46. The molecule has 1 aliphatic heterocycles. The van der Waals surface area contributed by atoms with Crippen LogP contribution >= 0.6 is 0 Å². The predicted molar refractivity (Wildman–Crippen MR) is 153 cm³/mol. The molecule has 14 heteroatoms. The van der Waals surface area contributed by atoms with Crippen LogP contribution < -0.4 is 24.8 Å². The van der Waals surface area contributed by atoms with Crippen molar-refractivity contribution in [2.75, 3.05) is 20.3 Å². The fourth-order valence-corrected chi connectivity index (χ4v) is 5.08. The number of amides is 2. The van der Waals surface area contributed by atoms with Gasteiger partial charge in [0.2, 0.25) is 11.5 Å². The molecule has 0 bridgehead atoms. The Labute approximate surface area is 260 Å². The van der Waals surface area contributed by atoms with E-state index in [4.69, 9.17) is 14.2 Å². The van der Waals surface area contributed by atoms with Gasteiger partial charge in [-0.15, -0.1) is 0 Å². The lowest BCUT2D eigenvalue weighted by molar-refractivity contribution is -0.265. The molecular formula is C32H30F5N3O6. The van der Waals surface area contributed by atoms with Gasteiger partial charge >= 0.3 is 6.18 Å². The zero-order valence-corrected chi connectivity index (χ0v) is 24.8. The fourth-order valence-electron chi connectivity index (χ4n) is 5.08. The molecule has 6 rings (SSSR count). The van der Waals surface area contributed by atoms with Gasteiger partial charge in [0.15, 0.2) is 17.3 Å². The Morgan fingerprint density at radius 3 is 2.39 bits per heavy atom. The molecule has 2 aliphatic carbocycles. The van der Waals surface area contributed by atoms with E-state index in [1.54, 1.807) is 0 Å². The molecule has 2 amide bonds. The Bertz CT molecular complexity index is 1690. The molecule has 2 aromatic carbocycles. The molecule has 2 heterocycles. The first-order valence-electron chi connectivity index (χ1n) is 14.5. The molecule has 9 nitrogen and oxygen atoms in total. The number of carbonyl (C=O) groups is 2. The summed E-state index contributed by atoms with van der Waals surface area (Å²) in [5.74, 6) is -3.85. The first-order chi connectivity index (χ1) is 21.7. The minimum Gasteiger partial charge on any atom is -0.493 e. The van der Waals surface area contributed by atoms with E-state index in [0.29, 0.717) is 5.75 Å². The molecule has 0 radical (unpaired) electrons. The molecule has 0 spiro atoms. The lowest BCUT2D eigenvalue weighted by Gasteiger charge is -2.32. The molecule has 2 fully saturated rings. The second-order valence-electron chi connectivity index (χ2n) is 12.0. The van der Waals surface area contributed by atoms with E-state index in [2.05, 4.69) is 15.6 Å². The lowest BCUT2D eigenvalue weighted by atomic mass is 9.81. The molecule has 3 aromatic rings. The third-order valence-corrected chi connectivity index (χ3v) is 8.36. The highest BCUT2D eigenvalue weighted by Crippen LogP contribution is 2.49. The molecule has 2 atom stereocenters. The largest absolute Gasteiger partial charge is 0.493 e. The van der Waals surface area contributed by atoms with Gasteiger partial charge in [0.1, 0.15) is 29.3 Å². The van der Waals surface area contributed by atoms with Crippen molar-refractivity contribution in [1.82, 2.24) is 15.6 Å². The van der Waals surface area contributed by atoms with Crippen LogP contribution in [0.5, 0.6) is 17.2 Å². The summed E-state index contributed by atoms with van der Waals surface area (Å²) >= 11 is 0. The Morgan fingerprint density at radius 1 is 1.09 bits per heavy atom. The molecule has 3 N–H and O–H groups in total. The second-order valence-corrected chi connectivity index (χ2v) is 12.0. The van der Waals surface area contributed by atoms with E-state index in [1.807, 2.05) is 0 Å². The molecule has 0 unspecified atom stereocenters. The van der Waals surface area contributed by atoms with Crippen molar-refractivity contribution in [3.05, 3.63) is 71.2 Å². The van der Waals surface area contributed by atoms with Crippen molar-refractivity contribution in [1.29, 1.82) is 0 Å². The number of benzene rings is 2. The first kappa shape index (κ1) is 31.5. The number of hydrogen-bond acceptors (Lipinski definition) is 7. The number of ether oxygens (including phenoxy) is 3. The number of methoxy groups -OCH3 is 1. The van der Waals surface area contributed by atoms with E-state index >= 15 is 0 Å². The van der Waals surface area contributed by atoms with Crippen LogP contribution in [0.2, 0.25) is 0 Å². The first-order valence-corrected chi connectivity index (χ1v) is 14.5. The molecule has 244 valence electrons. The summed E-state index contributed by atoms with van der Waals surface area (Å²) in [5.41, 5.74) is -6.66. The standard InChI is InChI=1S/C32H30F5N3O6/c1-29(28(42)40-30(34)11-12-30)16-45-26-21(29)14-24(39-25(26)17-3-6-19(33)7-4-17)31(43,32(35,36)37)15-38-27(41)18-5-10-22(23(13-18)44-2)46-20-8-9-20/h3-7,10,13-14,20,43H,8-9,11-12,15-16H2,1-2H3,(H,38,41)(H,40,42)/t29-,31-/m0/s1. The number of aliphatic hydroxyl groups is 1. The van der Waals surface area contributed by atoms with Gasteiger partial charge in [-0.2, -0.15) is 13.2 Å². The van der Waals surface area contributed by atoms with Gasteiger partial charge in [0.05, 0.1) is 25.5 Å². The minimum atomic E-state index is -5.39. The number of hydrogen-bond donors (Lipinski definition) is 3. The Balaban J connectivity index is 1.37. The van der Waals surface area contributed by atoms with Crippen LogP contribution in [0.1, 0.15) is 54.2 Å². The van der Waals surface area contributed by atoms with Crippen molar-refractivity contribution in [3.63, 3.8) is 0 Å². The van der Waals surface area contributed by atoms with Crippen molar-refractivity contribution in [2.24, 2.45) is 0 Å². The van der Waals surface area contributed by atoms with Crippen LogP contribution in [0.3, 0.4) is 0 Å². The van der Waals surface area contributed by atoms with E-state index in [9.17, 15) is 36.6 Å². The van der Waals surface area contributed by atoms with Crippen molar-refractivity contribution in [3.8, 4) is 28.5 Å². The van der Waals surface area contributed by atoms with E-state index in [1.165, 1.54) is 44.4 Å². The van der Waals surface area contributed by atoms with Gasteiger partial charge in [0.25, 0.3) is 5.91 Å². The maximum absolute atomic E-state index is 14.8. The number of nitrogens with one attached hydrogen (secondary N) is 2. The van der Waals surface area contributed by atoms with E-state index < -0.39 is 52.9 Å². The topological polar surface area (TPSA) is 119 Å². The van der Waals surface area contributed by atoms with Gasteiger partial charge < -0.3 is 30.0 Å². The summed E-state index contributed by atoms with van der Waals surface area (Å²) in [6.45, 7) is -0.368. The van der Waals surface area contributed by atoms with Crippen molar-refractivity contribution >= 4 is 11.8 Å². The Kier molecular flexibility index (Phi) is 7.61. The molecule has 0 saturated heterocycles. The maximum atomic E-state index is 14.8. The summed E-state index contributed by atoms with van der Waals surface area (Å²) in [5, 5.41) is 15.7. The van der Waals surface area contributed by atoms with Crippen molar-refractivity contribution < 1.29 is 50.9 Å². The van der Waals surface area contributed by atoms with Crippen molar-refractivity contribution in [2.45, 2.75) is 61.7 Å². The van der Waals surface area contributed by atoms with Gasteiger partial charge in [-0.05, 0) is 68.3 Å². The van der Waals surface area contributed by atoms with Crippen LogP contribution in [-0.4, -0.2) is 60.2 Å². The van der Waals surface area contributed by atoms with Crippen LogP contribution in [0.4, 0.5) is 22.0 Å². The Hall–Kier alpha value is -4.46. The molecule has 3 aliphatic rings. The highest BCUT2D eigenvalue weighted by atomic mass is 19.4. The fraction of sp³-hybridized carbons (Fsp3) is 0.406. The van der Waals surface area contributed by atoms with E-state index in [0.717, 1.165) is 31.0 Å². The smallest absolute Gasteiger partial charge is 0.424 e. The Morgan fingerprint density at radius 2 is 1.78 bits per heavy atom. The van der Waals surface area contributed by atoms with Crippen LogP contribution in [0.15, 0.2) is 48.5 Å². The third-order valence-electron chi connectivity index (χ3n) is 8.36. The quantitative estimate of drug-likeness (QED) is 0.213. The monoisotopic (exact) mass is 647 g/mol. The van der Waals surface area contributed by atoms with Crippen LogP contribution in [0, 0.1) is 5.82 Å². The number of nitrogens with zero attached hydrogens (tertiary/aromatic N) is 1. The van der Waals surface area contributed by atoms with Gasteiger partial charge in [-0.3, -0.25) is 9.59 Å². The van der Waals surface area contributed by atoms with Crippen LogP contribution in [-0.2, 0) is 15.8 Å². The SMILES string of the molecule is COc1cc(C(=O)NC[C@](O)(c2cc3c(c(-c4ccc(F)cc4)n2)OC[C@]3(C)C(=O)NC2(F)CC2)C(F)(F)F)ccc1OC1CC1. The highest BCUT2D eigenvalue weighted by molar-refractivity contribution is 5.95. The molecule has 2 saturated carbocycles. The summed E-state index contributed by atoms with van der Waals surface area (Å²) in [4.78, 5) is 30.4. The molecule has 1 aromatic heterocycles. The normalized spacial score (nSPS) is 21.0. The second kappa shape index (κ2) is 11.1. The number of alkyl halides is 4. The minimum absolute atomic E-state index is 0.0279. The number of halogens is 5. The average molecular weight is 648 g/mol. The molecular weight excluding hydrogens is 617 g/mol. The summed E-state index contributed by atoms with van der Waals surface area (Å²) < 4.78 is 89.4. The lowest BCUT2D eigenvalue weighted by Crippen LogP contribution is -2.52. The van der Waals surface area contributed by atoms with Gasteiger partial charge in [-0.1, -0.05) is 0 Å². The number of pyridine rings is 1. The number of rotatable bonds is 10. The summed E-state index contributed by atoms with van der Waals surface area (Å²) in [6, 6.07) is 9.61. The third kappa shape index (κ3) is 5.81. The zero-order chi connectivity index (χ0) is 33.1.